The molecular weight excluding hydrogens is 152 g/mol. The van der Waals surface area contributed by atoms with E-state index in [9.17, 15) is 10.2 Å². The van der Waals surface area contributed by atoms with Gasteiger partial charge in [0.2, 0.25) is 0 Å². The number of hydrogen-bond donors (Lipinski definition) is 2. The number of allylic oxidation sites excluding steroid dienone is 2. The average Bonchev–Trinajstić information content (AvgIpc) is 1.82. The fourth-order valence-electron chi connectivity index (χ4n) is 1.59. The van der Waals surface area contributed by atoms with Gasteiger partial charge in [-0.25, -0.2) is 0 Å². The minimum atomic E-state index is -1.66. The Labute approximate surface area is 73.2 Å². The summed E-state index contributed by atoms with van der Waals surface area (Å²) >= 11 is 0. The summed E-state index contributed by atoms with van der Waals surface area (Å²) in [6.45, 7) is 5.81. The lowest BCUT2D eigenvalue weighted by Gasteiger charge is -2.32. The Hall–Kier alpha value is -0.600. The summed E-state index contributed by atoms with van der Waals surface area (Å²) in [4.78, 5) is 0. The van der Waals surface area contributed by atoms with E-state index in [0.717, 1.165) is 5.57 Å². The minimum absolute atomic E-state index is 0.193. The molecule has 68 valence electrons. The van der Waals surface area contributed by atoms with Crippen LogP contribution in [-0.4, -0.2) is 16.0 Å². The van der Waals surface area contributed by atoms with Crippen LogP contribution >= 0.6 is 0 Å². The molecule has 0 bridgehead atoms. The molecule has 0 aromatic rings. The van der Waals surface area contributed by atoms with Gasteiger partial charge in [0.15, 0.2) is 5.79 Å². The van der Waals surface area contributed by atoms with Crippen molar-refractivity contribution in [2.75, 3.05) is 0 Å². The Morgan fingerprint density at radius 3 is 2.42 bits per heavy atom. The molecule has 1 aliphatic carbocycles. The summed E-state index contributed by atoms with van der Waals surface area (Å²) in [5, 5.41) is 19.2. The first-order valence-corrected chi connectivity index (χ1v) is 4.26. The molecule has 0 spiro atoms. The van der Waals surface area contributed by atoms with Crippen molar-refractivity contribution in [1.82, 2.24) is 0 Å². The smallest absolute Gasteiger partial charge is 0.189 e. The van der Waals surface area contributed by atoms with Crippen molar-refractivity contribution in [3.63, 3.8) is 0 Å². The normalized spacial score (nSPS) is 27.5. The zero-order valence-corrected chi connectivity index (χ0v) is 7.78. The van der Waals surface area contributed by atoms with Crippen molar-refractivity contribution in [3.8, 4) is 0 Å². The molecule has 0 saturated heterocycles. The van der Waals surface area contributed by atoms with E-state index in [0.29, 0.717) is 0 Å². The average molecular weight is 168 g/mol. The zero-order valence-electron chi connectivity index (χ0n) is 7.78. The molecule has 0 aromatic heterocycles. The van der Waals surface area contributed by atoms with Gasteiger partial charge >= 0.3 is 0 Å². The van der Waals surface area contributed by atoms with Crippen molar-refractivity contribution in [1.29, 1.82) is 0 Å². The molecular formula is C10H16O2. The van der Waals surface area contributed by atoms with Crippen LogP contribution < -0.4 is 0 Å². The fourth-order valence-corrected chi connectivity index (χ4v) is 1.59. The summed E-state index contributed by atoms with van der Waals surface area (Å²) in [5.41, 5.74) is 0.900. The van der Waals surface area contributed by atoms with Crippen LogP contribution in [0, 0.1) is 11.8 Å². The van der Waals surface area contributed by atoms with Crippen molar-refractivity contribution in [2.45, 2.75) is 26.6 Å². The highest BCUT2D eigenvalue weighted by Crippen LogP contribution is 2.30. The number of hydrogen-bond acceptors (Lipinski definition) is 2. The second-order valence-electron chi connectivity index (χ2n) is 3.80. The van der Waals surface area contributed by atoms with Gasteiger partial charge in [0, 0.05) is 5.92 Å². The quantitative estimate of drug-likeness (QED) is 0.582. The number of rotatable bonds is 1. The van der Waals surface area contributed by atoms with Crippen LogP contribution in [0.15, 0.2) is 23.8 Å². The second kappa shape index (κ2) is 3.04. The van der Waals surface area contributed by atoms with Crippen LogP contribution in [0.25, 0.3) is 0 Å². The van der Waals surface area contributed by atoms with Crippen molar-refractivity contribution >= 4 is 0 Å². The Kier molecular flexibility index (Phi) is 2.40. The molecule has 1 rings (SSSR count). The molecule has 1 aliphatic rings. The highest BCUT2D eigenvalue weighted by molar-refractivity contribution is 5.26. The van der Waals surface area contributed by atoms with Gasteiger partial charge in [-0.05, 0) is 18.9 Å². The highest BCUT2D eigenvalue weighted by Gasteiger charge is 2.34. The van der Waals surface area contributed by atoms with Crippen molar-refractivity contribution in [3.05, 3.63) is 23.8 Å². The SMILES string of the molecule is CC1=CC(O)(O)C(C(C)C)C=C1. The van der Waals surface area contributed by atoms with E-state index in [4.69, 9.17) is 0 Å². The van der Waals surface area contributed by atoms with Gasteiger partial charge in [0.1, 0.15) is 0 Å². The molecule has 0 radical (unpaired) electrons. The summed E-state index contributed by atoms with van der Waals surface area (Å²) in [6, 6.07) is 0. The third kappa shape index (κ3) is 1.76. The van der Waals surface area contributed by atoms with Crippen molar-refractivity contribution in [2.24, 2.45) is 11.8 Å². The lowest BCUT2D eigenvalue weighted by molar-refractivity contribution is -0.158. The third-order valence-corrected chi connectivity index (χ3v) is 2.22. The monoisotopic (exact) mass is 168 g/mol. The van der Waals surface area contributed by atoms with Crippen LogP contribution in [0.2, 0.25) is 0 Å². The minimum Gasteiger partial charge on any atom is -0.362 e. The maximum absolute atomic E-state index is 9.60. The lowest BCUT2D eigenvalue weighted by atomic mass is 9.83. The van der Waals surface area contributed by atoms with Gasteiger partial charge in [0.25, 0.3) is 0 Å². The first kappa shape index (κ1) is 9.49. The summed E-state index contributed by atoms with van der Waals surface area (Å²) < 4.78 is 0. The second-order valence-corrected chi connectivity index (χ2v) is 3.80. The van der Waals surface area contributed by atoms with Gasteiger partial charge in [-0.2, -0.15) is 0 Å². The summed E-state index contributed by atoms with van der Waals surface area (Å²) in [7, 11) is 0. The lowest BCUT2D eigenvalue weighted by Crippen LogP contribution is -2.39. The zero-order chi connectivity index (χ0) is 9.35. The predicted octanol–water partition coefficient (Wildman–Crippen LogP) is 1.46. The maximum atomic E-state index is 9.60. The summed E-state index contributed by atoms with van der Waals surface area (Å²) in [6.07, 6.45) is 5.28. The van der Waals surface area contributed by atoms with Crippen LogP contribution in [-0.2, 0) is 0 Å². The van der Waals surface area contributed by atoms with E-state index in [-0.39, 0.29) is 11.8 Å². The molecule has 12 heavy (non-hydrogen) atoms. The molecule has 1 unspecified atom stereocenters. The Morgan fingerprint density at radius 2 is 2.00 bits per heavy atom. The molecule has 0 amide bonds. The standard InChI is InChI=1S/C10H16O2/c1-7(2)9-5-4-8(3)6-10(9,11)12/h4-7,9,11-12H,1-3H3. The van der Waals surface area contributed by atoms with E-state index in [1.807, 2.05) is 32.9 Å². The topological polar surface area (TPSA) is 40.5 Å². The van der Waals surface area contributed by atoms with Crippen LogP contribution in [0.3, 0.4) is 0 Å². The summed E-state index contributed by atoms with van der Waals surface area (Å²) in [5.74, 6) is -1.62. The molecule has 0 fully saturated rings. The molecule has 1 atom stereocenters. The van der Waals surface area contributed by atoms with Gasteiger partial charge in [-0.1, -0.05) is 31.6 Å². The van der Waals surface area contributed by atoms with E-state index in [1.54, 1.807) is 0 Å². The molecule has 0 aliphatic heterocycles. The Morgan fingerprint density at radius 1 is 1.42 bits per heavy atom. The van der Waals surface area contributed by atoms with Crippen LogP contribution in [0.1, 0.15) is 20.8 Å². The molecule has 2 N–H and O–H groups in total. The highest BCUT2D eigenvalue weighted by atomic mass is 16.5. The molecule has 2 nitrogen and oxygen atoms in total. The first-order chi connectivity index (χ1) is 5.43. The molecule has 2 heteroatoms. The largest absolute Gasteiger partial charge is 0.362 e. The van der Waals surface area contributed by atoms with E-state index < -0.39 is 5.79 Å². The van der Waals surface area contributed by atoms with E-state index in [1.165, 1.54) is 6.08 Å². The van der Waals surface area contributed by atoms with E-state index in [2.05, 4.69) is 0 Å². The molecule has 0 heterocycles. The fraction of sp³-hybridized carbons (Fsp3) is 0.600. The first-order valence-electron chi connectivity index (χ1n) is 4.26. The Balaban J connectivity index is 2.89. The predicted molar refractivity (Wildman–Crippen MR) is 48.4 cm³/mol. The maximum Gasteiger partial charge on any atom is 0.189 e. The Bertz CT molecular complexity index is 224. The van der Waals surface area contributed by atoms with Crippen LogP contribution in [0.4, 0.5) is 0 Å². The van der Waals surface area contributed by atoms with Gasteiger partial charge in [-0.3, -0.25) is 0 Å². The molecule has 0 saturated carbocycles. The van der Waals surface area contributed by atoms with Crippen molar-refractivity contribution < 1.29 is 10.2 Å². The van der Waals surface area contributed by atoms with Gasteiger partial charge in [-0.15, -0.1) is 0 Å². The number of aliphatic hydroxyl groups is 2. The molecule has 0 aromatic carbocycles. The van der Waals surface area contributed by atoms with Gasteiger partial charge < -0.3 is 10.2 Å². The van der Waals surface area contributed by atoms with Crippen LogP contribution in [0.5, 0.6) is 0 Å². The van der Waals surface area contributed by atoms with E-state index >= 15 is 0 Å². The van der Waals surface area contributed by atoms with Gasteiger partial charge in [0.05, 0.1) is 0 Å². The third-order valence-electron chi connectivity index (χ3n) is 2.22.